The van der Waals surface area contributed by atoms with Crippen molar-refractivity contribution in [2.75, 3.05) is 6.54 Å². The molecule has 1 aromatic rings. The van der Waals surface area contributed by atoms with Crippen LogP contribution in [0.2, 0.25) is 0 Å². The van der Waals surface area contributed by atoms with E-state index in [2.05, 4.69) is 32.6 Å². The van der Waals surface area contributed by atoms with E-state index in [0.29, 0.717) is 17.9 Å². The van der Waals surface area contributed by atoms with E-state index in [4.69, 9.17) is 0 Å². The zero-order valence-corrected chi connectivity index (χ0v) is 19.3. The van der Waals surface area contributed by atoms with Crippen LogP contribution in [0.3, 0.4) is 0 Å². The molecule has 1 saturated heterocycles. The van der Waals surface area contributed by atoms with Gasteiger partial charge in [-0.25, -0.2) is 0 Å². The monoisotopic (exact) mass is 441 g/mol. The summed E-state index contributed by atoms with van der Waals surface area (Å²) >= 11 is 0. The maximum absolute atomic E-state index is 13.1. The SMILES string of the molecule is CC(C)CCC(CCC(C)C)N1CCC[C@H](CC(=O)O)[C@H]1c1ccc(C(F)(F)F)cc1. The Morgan fingerprint density at radius 3 is 2.03 bits per heavy atom. The summed E-state index contributed by atoms with van der Waals surface area (Å²) in [7, 11) is 0. The predicted molar refractivity (Wildman–Crippen MR) is 118 cm³/mol. The van der Waals surface area contributed by atoms with Gasteiger partial charge in [0.15, 0.2) is 0 Å². The Kier molecular flexibility index (Phi) is 9.41. The lowest BCUT2D eigenvalue weighted by Crippen LogP contribution is -2.46. The molecule has 1 aromatic carbocycles. The number of nitrogens with zero attached hydrogens (tertiary/aromatic N) is 1. The molecule has 2 rings (SSSR count). The molecule has 0 radical (unpaired) electrons. The van der Waals surface area contributed by atoms with Gasteiger partial charge in [-0.3, -0.25) is 9.69 Å². The lowest BCUT2D eigenvalue weighted by atomic mass is 9.80. The summed E-state index contributed by atoms with van der Waals surface area (Å²) in [5.41, 5.74) is 0.141. The fourth-order valence-corrected chi connectivity index (χ4v) is 4.81. The van der Waals surface area contributed by atoms with Crippen LogP contribution >= 0.6 is 0 Å². The van der Waals surface area contributed by atoms with E-state index in [1.165, 1.54) is 0 Å². The Balaban J connectivity index is 2.38. The summed E-state index contributed by atoms with van der Waals surface area (Å²) in [5.74, 6) is 0.213. The molecule has 1 aliphatic heterocycles. The van der Waals surface area contributed by atoms with Crippen LogP contribution in [0.1, 0.15) is 89.8 Å². The van der Waals surface area contributed by atoms with Gasteiger partial charge in [0.2, 0.25) is 0 Å². The van der Waals surface area contributed by atoms with Crippen LogP contribution in [0.15, 0.2) is 24.3 Å². The quantitative estimate of drug-likeness (QED) is 0.418. The fourth-order valence-electron chi connectivity index (χ4n) is 4.81. The molecule has 2 atom stereocenters. The number of benzene rings is 1. The number of halogens is 3. The number of carboxylic acid groups (broad SMARTS) is 1. The van der Waals surface area contributed by atoms with Crippen LogP contribution in [-0.2, 0) is 11.0 Å². The predicted octanol–water partition coefficient (Wildman–Crippen LogP) is 7.17. The molecule has 1 N–H and O–H groups in total. The molecule has 0 aromatic heterocycles. The van der Waals surface area contributed by atoms with Gasteiger partial charge in [0.25, 0.3) is 0 Å². The van der Waals surface area contributed by atoms with Crippen molar-refractivity contribution in [1.29, 1.82) is 0 Å². The average molecular weight is 442 g/mol. The Morgan fingerprint density at radius 2 is 1.58 bits per heavy atom. The van der Waals surface area contributed by atoms with Crippen LogP contribution in [0, 0.1) is 17.8 Å². The van der Waals surface area contributed by atoms with Gasteiger partial charge in [-0.05, 0) is 80.5 Å². The van der Waals surface area contributed by atoms with Crippen molar-refractivity contribution in [3.8, 4) is 0 Å². The molecule has 0 amide bonds. The number of alkyl halides is 3. The zero-order chi connectivity index (χ0) is 23.2. The summed E-state index contributed by atoms with van der Waals surface area (Å²) in [5, 5.41) is 9.49. The summed E-state index contributed by atoms with van der Waals surface area (Å²) in [4.78, 5) is 14.0. The molecule has 0 bridgehead atoms. The van der Waals surface area contributed by atoms with Gasteiger partial charge < -0.3 is 5.11 Å². The van der Waals surface area contributed by atoms with Crippen molar-refractivity contribution >= 4 is 5.97 Å². The Hall–Kier alpha value is -1.56. The topological polar surface area (TPSA) is 40.5 Å². The molecule has 0 unspecified atom stereocenters. The van der Waals surface area contributed by atoms with Crippen LogP contribution in [0.4, 0.5) is 13.2 Å². The summed E-state index contributed by atoms with van der Waals surface area (Å²) in [6.45, 7) is 9.68. The third kappa shape index (κ3) is 7.81. The molecule has 176 valence electrons. The van der Waals surface area contributed by atoms with Crippen LogP contribution < -0.4 is 0 Å². The number of carbonyl (C=O) groups is 1. The second-order valence-electron chi connectivity index (χ2n) is 9.90. The summed E-state index contributed by atoms with van der Waals surface area (Å²) in [6.07, 6.45) is 1.61. The standard InChI is InChI=1S/C25H38F3NO2/c1-17(2)7-13-22(14-8-18(3)4)29-15-5-6-20(16-23(30)31)24(29)19-9-11-21(12-10-19)25(26,27)28/h9-12,17-18,20,22,24H,5-8,13-16H2,1-4H3,(H,30,31)/t20-,24-/m1/s1. The van der Waals surface area contributed by atoms with Crippen molar-refractivity contribution in [2.45, 2.75) is 90.9 Å². The van der Waals surface area contributed by atoms with Gasteiger partial charge in [-0.1, -0.05) is 39.8 Å². The van der Waals surface area contributed by atoms with E-state index in [1.54, 1.807) is 12.1 Å². The first-order valence-corrected chi connectivity index (χ1v) is 11.6. The molecule has 1 aliphatic rings. The largest absolute Gasteiger partial charge is 0.481 e. The smallest absolute Gasteiger partial charge is 0.416 e. The highest BCUT2D eigenvalue weighted by Gasteiger charge is 2.38. The van der Waals surface area contributed by atoms with Crippen molar-refractivity contribution in [1.82, 2.24) is 4.90 Å². The van der Waals surface area contributed by atoms with Crippen LogP contribution in [0.5, 0.6) is 0 Å². The minimum absolute atomic E-state index is 0.0449. The van der Waals surface area contributed by atoms with Gasteiger partial charge in [0, 0.05) is 18.5 Å². The van der Waals surface area contributed by atoms with Gasteiger partial charge in [-0.2, -0.15) is 13.2 Å². The second-order valence-corrected chi connectivity index (χ2v) is 9.90. The number of carboxylic acids is 1. The van der Waals surface area contributed by atoms with Crippen molar-refractivity contribution in [3.05, 3.63) is 35.4 Å². The van der Waals surface area contributed by atoms with Gasteiger partial charge in [0.05, 0.1) is 5.56 Å². The number of rotatable bonds is 10. The van der Waals surface area contributed by atoms with Gasteiger partial charge in [0.1, 0.15) is 0 Å². The Labute approximate surface area is 185 Å². The highest BCUT2D eigenvalue weighted by atomic mass is 19.4. The molecule has 31 heavy (non-hydrogen) atoms. The first-order chi connectivity index (χ1) is 14.5. The minimum Gasteiger partial charge on any atom is -0.481 e. The number of hydrogen-bond donors (Lipinski definition) is 1. The number of hydrogen-bond acceptors (Lipinski definition) is 2. The summed E-state index contributed by atoms with van der Waals surface area (Å²) < 4.78 is 39.2. The zero-order valence-electron chi connectivity index (χ0n) is 19.3. The lowest BCUT2D eigenvalue weighted by Gasteiger charge is -2.46. The van der Waals surface area contributed by atoms with E-state index < -0.39 is 17.7 Å². The maximum Gasteiger partial charge on any atom is 0.416 e. The van der Waals surface area contributed by atoms with E-state index in [-0.39, 0.29) is 18.4 Å². The van der Waals surface area contributed by atoms with Crippen molar-refractivity contribution < 1.29 is 23.1 Å². The maximum atomic E-state index is 13.1. The number of likely N-dealkylation sites (tertiary alicyclic amines) is 1. The van der Waals surface area contributed by atoms with Crippen molar-refractivity contribution in [3.63, 3.8) is 0 Å². The van der Waals surface area contributed by atoms with Crippen LogP contribution in [-0.4, -0.2) is 28.6 Å². The molecule has 0 aliphatic carbocycles. The van der Waals surface area contributed by atoms with Crippen LogP contribution in [0.25, 0.3) is 0 Å². The van der Waals surface area contributed by atoms with E-state index >= 15 is 0 Å². The molecule has 0 saturated carbocycles. The third-order valence-electron chi connectivity index (χ3n) is 6.43. The number of aliphatic carboxylic acids is 1. The first kappa shape index (κ1) is 25.7. The molecule has 1 fully saturated rings. The molecule has 0 spiro atoms. The highest BCUT2D eigenvalue weighted by Crippen LogP contribution is 2.42. The molecule has 6 heteroatoms. The third-order valence-corrected chi connectivity index (χ3v) is 6.43. The molecule has 3 nitrogen and oxygen atoms in total. The van der Waals surface area contributed by atoms with Crippen molar-refractivity contribution in [2.24, 2.45) is 17.8 Å². The second kappa shape index (κ2) is 11.3. The fraction of sp³-hybridized carbons (Fsp3) is 0.720. The van der Waals surface area contributed by atoms with Gasteiger partial charge in [-0.15, -0.1) is 0 Å². The molecule has 1 heterocycles. The number of piperidine rings is 1. The summed E-state index contributed by atoms with van der Waals surface area (Å²) in [6, 6.07) is 5.55. The van der Waals surface area contributed by atoms with E-state index in [1.807, 2.05) is 0 Å². The Morgan fingerprint density at radius 1 is 1.03 bits per heavy atom. The minimum atomic E-state index is -4.37. The first-order valence-electron chi connectivity index (χ1n) is 11.6. The normalized spacial score (nSPS) is 20.7. The lowest BCUT2D eigenvalue weighted by molar-refractivity contribution is -0.139. The molecular formula is C25H38F3NO2. The van der Waals surface area contributed by atoms with E-state index in [9.17, 15) is 23.1 Å². The highest BCUT2D eigenvalue weighted by molar-refractivity contribution is 5.67. The van der Waals surface area contributed by atoms with Gasteiger partial charge >= 0.3 is 12.1 Å². The van der Waals surface area contributed by atoms with E-state index in [0.717, 1.165) is 62.8 Å². The average Bonchev–Trinajstić information content (AvgIpc) is 2.66. The Bertz CT molecular complexity index is 673. The molecular weight excluding hydrogens is 403 g/mol.